The van der Waals surface area contributed by atoms with Gasteiger partial charge in [-0.05, 0) is 19.1 Å². The molecule has 0 N–H and O–H groups in total. The van der Waals surface area contributed by atoms with Crippen molar-refractivity contribution in [2.75, 3.05) is 0 Å². The third-order valence-electron chi connectivity index (χ3n) is 2.35. The average molecular weight is 192 g/mol. The molecule has 2 unspecified atom stereocenters. The number of aromatic nitrogens is 1. The normalized spacial score (nSPS) is 25.7. The molecule has 74 valence electrons. The molecule has 1 aliphatic rings. The summed E-state index contributed by atoms with van der Waals surface area (Å²) in [6.45, 7) is 1.85. The molecule has 0 saturated heterocycles. The van der Waals surface area contributed by atoms with E-state index in [2.05, 4.69) is 4.99 Å². The number of ether oxygens (including phenoxy) is 1. The monoisotopic (exact) mass is 192 g/mol. The maximum absolute atomic E-state index is 10.6. The zero-order valence-corrected chi connectivity index (χ0v) is 8.18. The lowest BCUT2D eigenvalue weighted by molar-refractivity contribution is -0.109. The second kappa shape index (κ2) is 3.29. The number of aliphatic imine (C=N–C) groups is 1. The molecule has 2 atom stereocenters. The average Bonchev–Trinajstić information content (AvgIpc) is 2.71. The standard InChI is InChI=1S/C10H12N2O2/c1-7-8(6-13)11-10(14-7)9-4-3-5-12(9)2/h3-8H,1-2H3. The van der Waals surface area contributed by atoms with E-state index in [0.717, 1.165) is 12.0 Å². The van der Waals surface area contributed by atoms with Gasteiger partial charge in [0.15, 0.2) is 0 Å². The summed E-state index contributed by atoms with van der Waals surface area (Å²) in [5.41, 5.74) is 0.904. The molecule has 0 spiro atoms. The van der Waals surface area contributed by atoms with Crippen LogP contribution in [-0.4, -0.2) is 28.9 Å². The highest BCUT2D eigenvalue weighted by Gasteiger charge is 2.28. The summed E-state index contributed by atoms with van der Waals surface area (Å²) in [6.07, 6.45) is 2.58. The number of aldehydes is 1. The second-order valence-electron chi connectivity index (χ2n) is 3.39. The lowest BCUT2D eigenvalue weighted by Gasteiger charge is -2.07. The van der Waals surface area contributed by atoms with E-state index in [9.17, 15) is 4.79 Å². The molecule has 0 radical (unpaired) electrons. The lowest BCUT2D eigenvalue weighted by atomic mass is 10.2. The van der Waals surface area contributed by atoms with Crippen LogP contribution in [0, 0.1) is 0 Å². The summed E-state index contributed by atoms with van der Waals surface area (Å²) in [5.74, 6) is 0.558. The molecule has 4 heteroatoms. The fourth-order valence-electron chi connectivity index (χ4n) is 1.47. The second-order valence-corrected chi connectivity index (χ2v) is 3.39. The first-order valence-electron chi connectivity index (χ1n) is 4.54. The lowest BCUT2D eigenvalue weighted by Crippen LogP contribution is -2.19. The van der Waals surface area contributed by atoms with E-state index in [-0.39, 0.29) is 12.1 Å². The SMILES string of the molecule is CC1OC(c2cccn2C)=NC1C=O. The Morgan fingerprint density at radius 1 is 1.64 bits per heavy atom. The number of hydrogen-bond acceptors (Lipinski definition) is 3. The van der Waals surface area contributed by atoms with Crippen LogP contribution in [0.5, 0.6) is 0 Å². The molecule has 4 nitrogen and oxygen atoms in total. The van der Waals surface area contributed by atoms with Crippen molar-refractivity contribution in [2.45, 2.75) is 19.1 Å². The van der Waals surface area contributed by atoms with Crippen LogP contribution < -0.4 is 0 Å². The minimum atomic E-state index is -0.361. The van der Waals surface area contributed by atoms with Crippen LogP contribution in [0.25, 0.3) is 0 Å². The van der Waals surface area contributed by atoms with Crippen molar-refractivity contribution >= 4 is 12.2 Å². The largest absolute Gasteiger partial charge is 0.471 e. The van der Waals surface area contributed by atoms with Crippen molar-refractivity contribution in [3.63, 3.8) is 0 Å². The Kier molecular flexibility index (Phi) is 2.11. The van der Waals surface area contributed by atoms with Crippen molar-refractivity contribution in [3.8, 4) is 0 Å². The Bertz CT molecular complexity index is 381. The van der Waals surface area contributed by atoms with Crippen molar-refractivity contribution in [1.82, 2.24) is 4.57 Å². The molecule has 1 aliphatic heterocycles. The molecule has 14 heavy (non-hydrogen) atoms. The summed E-state index contributed by atoms with van der Waals surface area (Å²) in [7, 11) is 1.92. The van der Waals surface area contributed by atoms with E-state index < -0.39 is 0 Å². The molecule has 2 heterocycles. The minimum Gasteiger partial charge on any atom is -0.471 e. The first-order valence-corrected chi connectivity index (χ1v) is 4.54. The predicted molar refractivity (Wildman–Crippen MR) is 52.3 cm³/mol. The van der Waals surface area contributed by atoms with E-state index in [1.165, 1.54) is 0 Å². The number of carbonyl (C=O) groups is 1. The van der Waals surface area contributed by atoms with E-state index in [1.807, 2.05) is 36.9 Å². The first-order chi connectivity index (χ1) is 6.72. The minimum absolute atomic E-state index is 0.155. The molecule has 0 saturated carbocycles. The van der Waals surface area contributed by atoms with Gasteiger partial charge in [0.05, 0.1) is 0 Å². The molecule has 0 bridgehead atoms. The smallest absolute Gasteiger partial charge is 0.234 e. The van der Waals surface area contributed by atoms with E-state index in [4.69, 9.17) is 4.74 Å². The number of carbonyl (C=O) groups excluding carboxylic acids is 1. The Hall–Kier alpha value is -1.58. The van der Waals surface area contributed by atoms with Gasteiger partial charge in [-0.15, -0.1) is 0 Å². The number of nitrogens with zero attached hydrogens (tertiary/aromatic N) is 2. The highest BCUT2D eigenvalue weighted by Crippen LogP contribution is 2.16. The van der Waals surface area contributed by atoms with Crippen molar-refractivity contribution in [3.05, 3.63) is 24.0 Å². The van der Waals surface area contributed by atoms with Gasteiger partial charge in [-0.1, -0.05) is 0 Å². The Balaban J connectivity index is 2.30. The Labute approximate surface area is 82.2 Å². The number of hydrogen-bond donors (Lipinski definition) is 0. The van der Waals surface area contributed by atoms with Gasteiger partial charge in [-0.2, -0.15) is 0 Å². The quantitative estimate of drug-likeness (QED) is 0.649. The van der Waals surface area contributed by atoms with Gasteiger partial charge in [-0.25, -0.2) is 4.99 Å². The van der Waals surface area contributed by atoms with Crippen molar-refractivity contribution in [2.24, 2.45) is 12.0 Å². The molecule has 1 aromatic rings. The van der Waals surface area contributed by atoms with Crippen LogP contribution in [0.1, 0.15) is 12.6 Å². The number of aryl methyl sites for hydroxylation is 1. The van der Waals surface area contributed by atoms with E-state index in [0.29, 0.717) is 5.90 Å². The number of rotatable bonds is 2. The Morgan fingerprint density at radius 2 is 2.43 bits per heavy atom. The van der Waals surface area contributed by atoms with Gasteiger partial charge in [0.1, 0.15) is 24.1 Å². The van der Waals surface area contributed by atoms with E-state index in [1.54, 1.807) is 0 Å². The van der Waals surface area contributed by atoms with Gasteiger partial charge in [0.2, 0.25) is 5.90 Å². The fourth-order valence-corrected chi connectivity index (χ4v) is 1.47. The first kappa shape index (κ1) is 8.99. The van der Waals surface area contributed by atoms with Crippen LogP contribution >= 0.6 is 0 Å². The van der Waals surface area contributed by atoms with Gasteiger partial charge in [0, 0.05) is 13.2 Å². The third-order valence-corrected chi connectivity index (χ3v) is 2.35. The van der Waals surface area contributed by atoms with E-state index >= 15 is 0 Å². The summed E-state index contributed by atoms with van der Waals surface area (Å²) in [5, 5.41) is 0. The highest BCUT2D eigenvalue weighted by atomic mass is 16.5. The van der Waals surface area contributed by atoms with Gasteiger partial charge in [0.25, 0.3) is 0 Å². The molecular weight excluding hydrogens is 180 g/mol. The molecule has 0 amide bonds. The fraction of sp³-hybridized carbons (Fsp3) is 0.400. The topological polar surface area (TPSA) is 43.6 Å². The molecule has 2 rings (SSSR count). The summed E-state index contributed by atoms with van der Waals surface area (Å²) >= 11 is 0. The Morgan fingerprint density at radius 3 is 2.93 bits per heavy atom. The third kappa shape index (κ3) is 1.32. The van der Waals surface area contributed by atoms with Crippen molar-refractivity contribution < 1.29 is 9.53 Å². The molecular formula is C10H12N2O2. The zero-order valence-electron chi connectivity index (χ0n) is 8.18. The zero-order chi connectivity index (χ0) is 10.1. The summed E-state index contributed by atoms with van der Waals surface area (Å²) in [6, 6.07) is 3.47. The maximum Gasteiger partial charge on any atom is 0.234 e. The molecule has 0 aliphatic carbocycles. The molecule has 0 aromatic carbocycles. The van der Waals surface area contributed by atoms with Gasteiger partial charge in [-0.3, -0.25) is 0 Å². The summed E-state index contributed by atoms with van der Waals surface area (Å²) < 4.78 is 7.40. The van der Waals surface area contributed by atoms with Crippen LogP contribution in [0.15, 0.2) is 23.3 Å². The maximum atomic E-state index is 10.6. The highest BCUT2D eigenvalue weighted by molar-refractivity contribution is 5.95. The predicted octanol–water partition coefficient (Wildman–Crippen LogP) is 0.758. The van der Waals surface area contributed by atoms with Gasteiger partial charge < -0.3 is 14.1 Å². The van der Waals surface area contributed by atoms with Crippen molar-refractivity contribution in [1.29, 1.82) is 0 Å². The molecule has 0 fully saturated rings. The summed E-state index contributed by atoms with van der Waals surface area (Å²) in [4.78, 5) is 14.8. The van der Waals surface area contributed by atoms with Crippen LogP contribution in [0.2, 0.25) is 0 Å². The molecule has 1 aromatic heterocycles. The van der Waals surface area contributed by atoms with Crippen LogP contribution in [0.3, 0.4) is 0 Å². The van der Waals surface area contributed by atoms with Gasteiger partial charge >= 0.3 is 0 Å². The van der Waals surface area contributed by atoms with Crippen LogP contribution in [0.4, 0.5) is 0 Å². The van der Waals surface area contributed by atoms with Crippen LogP contribution in [-0.2, 0) is 16.6 Å².